The molecule has 22 heavy (non-hydrogen) atoms. The van der Waals surface area contributed by atoms with Crippen LogP contribution in [0.2, 0.25) is 0 Å². The van der Waals surface area contributed by atoms with Gasteiger partial charge in [0.25, 0.3) is 0 Å². The highest BCUT2D eigenvalue weighted by Crippen LogP contribution is 2.39. The minimum Gasteiger partial charge on any atom is -0.481 e. The fraction of sp³-hybridized carbons (Fsp3) is 0.625. The molecule has 3 heterocycles. The van der Waals surface area contributed by atoms with Crippen molar-refractivity contribution in [3.8, 4) is 5.88 Å². The van der Waals surface area contributed by atoms with Crippen LogP contribution in [0.25, 0.3) is 0 Å². The van der Waals surface area contributed by atoms with Crippen molar-refractivity contribution < 1.29 is 9.26 Å². The molecule has 1 atom stereocenters. The van der Waals surface area contributed by atoms with Gasteiger partial charge in [0.05, 0.1) is 24.1 Å². The van der Waals surface area contributed by atoms with Gasteiger partial charge in [-0.25, -0.2) is 4.68 Å². The van der Waals surface area contributed by atoms with Gasteiger partial charge in [-0.05, 0) is 40.2 Å². The Morgan fingerprint density at radius 2 is 2.05 bits per heavy atom. The highest BCUT2D eigenvalue weighted by Gasteiger charge is 2.33. The first-order chi connectivity index (χ1) is 10.5. The Bertz CT molecular complexity index is 654. The Kier molecular flexibility index (Phi) is 3.95. The monoisotopic (exact) mass is 304 g/mol. The maximum atomic E-state index is 5.58. The number of aromatic nitrogens is 3. The van der Waals surface area contributed by atoms with Crippen molar-refractivity contribution in [1.29, 1.82) is 0 Å². The molecule has 1 saturated heterocycles. The lowest BCUT2D eigenvalue weighted by Crippen LogP contribution is -2.24. The molecule has 0 aromatic carbocycles. The second-order valence-corrected chi connectivity index (χ2v) is 6.06. The average Bonchev–Trinajstić information content (AvgIpc) is 3.13. The predicted octanol–water partition coefficient (Wildman–Crippen LogP) is 2.68. The summed E-state index contributed by atoms with van der Waals surface area (Å²) in [5, 5.41) is 8.60. The Balaban J connectivity index is 1.91. The number of aryl methyl sites for hydroxylation is 4. The summed E-state index contributed by atoms with van der Waals surface area (Å²) in [5.74, 6) is 1.78. The zero-order valence-corrected chi connectivity index (χ0v) is 14.0. The van der Waals surface area contributed by atoms with E-state index in [1.807, 2.05) is 25.6 Å². The van der Waals surface area contributed by atoms with E-state index in [9.17, 15) is 0 Å². The maximum Gasteiger partial charge on any atom is 0.216 e. The number of hydrogen-bond acceptors (Lipinski definition) is 5. The lowest BCUT2D eigenvalue weighted by atomic mass is 10.0. The summed E-state index contributed by atoms with van der Waals surface area (Å²) in [6.07, 6.45) is 2.32. The van der Waals surface area contributed by atoms with Crippen molar-refractivity contribution in [1.82, 2.24) is 19.8 Å². The summed E-state index contributed by atoms with van der Waals surface area (Å²) in [5.41, 5.74) is 4.45. The van der Waals surface area contributed by atoms with Crippen molar-refractivity contribution in [3.05, 3.63) is 28.3 Å². The van der Waals surface area contributed by atoms with Gasteiger partial charge in [-0.1, -0.05) is 5.16 Å². The van der Waals surface area contributed by atoms with Gasteiger partial charge in [-0.15, -0.1) is 0 Å². The third-order valence-corrected chi connectivity index (χ3v) is 4.65. The molecule has 1 aliphatic rings. The van der Waals surface area contributed by atoms with Gasteiger partial charge in [0.15, 0.2) is 0 Å². The van der Waals surface area contributed by atoms with E-state index in [4.69, 9.17) is 9.26 Å². The molecule has 120 valence electrons. The van der Waals surface area contributed by atoms with Crippen molar-refractivity contribution in [3.63, 3.8) is 0 Å². The topological polar surface area (TPSA) is 56.3 Å². The van der Waals surface area contributed by atoms with E-state index in [2.05, 4.69) is 22.1 Å². The van der Waals surface area contributed by atoms with Crippen LogP contribution in [0.1, 0.15) is 47.2 Å². The number of rotatable bonds is 4. The Hall–Kier alpha value is -1.82. The van der Waals surface area contributed by atoms with Crippen LogP contribution in [0.3, 0.4) is 0 Å². The van der Waals surface area contributed by atoms with Gasteiger partial charge in [0, 0.05) is 25.2 Å². The standard InChI is InChI=1S/C16H24N4O2/c1-10-13(12(3)22-18-10)9-20-8-6-7-14(20)15-11(2)17-19(4)16(15)21-5/h14H,6-9H2,1-5H3. The average molecular weight is 304 g/mol. The zero-order chi connectivity index (χ0) is 15.9. The smallest absolute Gasteiger partial charge is 0.216 e. The first-order valence-corrected chi connectivity index (χ1v) is 7.76. The van der Waals surface area contributed by atoms with Crippen LogP contribution in [-0.2, 0) is 13.6 Å². The summed E-state index contributed by atoms with van der Waals surface area (Å²) < 4.78 is 12.7. The van der Waals surface area contributed by atoms with Crippen LogP contribution in [-0.4, -0.2) is 33.5 Å². The van der Waals surface area contributed by atoms with Crippen LogP contribution in [0.15, 0.2) is 4.52 Å². The maximum absolute atomic E-state index is 5.58. The minimum atomic E-state index is 0.345. The second-order valence-electron chi connectivity index (χ2n) is 6.06. The second kappa shape index (κ2) is 5.76. The van der Waals surface area contributed by atoms with Crippen molar-refractivity contribution in [2.24, 2.45) is 7.05 Å². The van der Waals surface area contributed by atoms with E-state index in [0.717, 1.165) is 42.5 Å². The molecule has 2 aromatic rings. The predicted molar refractivity (Wildman–Crippen MR) is 82.9 cm³/mol. The summed E-state index contributed by atoms with van der Waals surface area (Å²) in [6.45, 7) is 7.99. The molecule has 2 aromatic heterocycles. The fourth-order valence-corrected chi connectivity index (χ4v) is 3.55. The van der Waals surface area contributed by atoms with Gasteiger partial charge in [-0.2, -0.15) is 5.10 Å². The number of nitrogens with zero attached hydrogens (tertiary/aromatic N) is 4. The molecule has 0 amide bonds. The molecule has 0 bridgehead atoms. The molecule has 0 spiro atoms. The van der Waals surface area contributed by atoms with E-state index < -0.39 is 0 Å². The summed E-state index contributed by atoms with van der Waals surface area (Å²) in [7, 11) is 3.65. The van der Waals surface area contributed by atoms with E-state index in [1.54, 1.807) is 7.11 Å². The first kappa shape index (κ1) is 15.1. The van der Waals surface area contributed by atoms with Crippen LogP contribution < -0.4 is 4.74 Å². The van der Waals surface area contributed by atoms with Gasteiger partial charge >= 0.3 is 0 Å². The molecular formula is C16H24N4O2. The quantitative estimate of drug-likeness (QED) is 0.869. The number of hydrogen-bond donors (Lipinski definition) is 0. The lowest BCUT2D eigenvalue weighted by molar-refractivity contribution is 0.239. The van der Waals surface area contributed by atoms with Crippen molar-refractivity contribution >= 4 is 0 Å². The molecule has 1 aliphatic heterocycles. The first-order valence-electron chi connectivity index (χ1n) is 7.76. The van der Waals surface area contributed by atoms with Crippen LogP contribution in [0, 0.1) is 20.8 Å². The van der Waals surface area contributed by atoms with E-state index >= 15 is 0 Å². The molecule has 0 N–H and O–H groups in total. The fourth-order valence-electron chi connectivity index (χ4n) is 3.55. The van der Waals surface area contributed by atoms with Gasteiger partial charge in [0.2, 0.25) is 5.88 Å². The summed E-state index contributed by atoms with van der Waals surface area (Å²) >= 11 is 0. The van der Waals surface area contributed by atoms with Crippen molar-refractivity contribution in [2.75, 3.05) is 13.7 Å². The Morgan fingerprint density at radius 3 is 2.68 bits per heavy atom. The lowest BCUT2D eigenvalue weighted by Gasteiger charge is -2.25. The third-order valence-electron chi connectivity index (χ3n) is 4.65. The third kappa shape index (κ3) is 2.41. The zero-order valence-electron chi connectivity index (χ0n) is 14.0. The van der Waals surface area contributed by atoms with Gasteiger partial charge in [-0.3, -0.25) is 4.90 Å². The summed E-state index contributed by atoms with van der Waals surface area (Å²) in [6, 6.07) is 0.345. The van der Waals surface area contributed by atoms with E-state index in [0.29, 0.717) is 6.04 Å². The number of methoxy groups -OCH3 is 1. The largest absolute Gasteiger partial charge is 0.481 e. The van der Waals surface area contributed by atoms with Crippen LogP contribution in [0.4, 0.5) is 0 Å². The van der Waals surface area contributed by atoms with E-state index in [1.165, 1.54) is 17.5 Å². The van der Waals surface area contributed by atoms with Crippen molar-refractivity contribution in [2.45, 2.75) is 46.2 Å². The van der Waals surface area contributed by atoms with E-state index in [-0.39, 0.29) is 0 Å². The molecule has 1 unspecified atom stereocenters. The normalized spacial score (nSPS) is 19.0. The van der Waals surface area contributed by atoms with Gasteiger partial charge < -0.3 is 9.26 Å². The molecule has 6 heteroatoms. The van der Waals surface area contributed by atoms with Crippen LogP contribution in [0.5, 0.6) is 5.88 Å². The highest BCUT2D eigenvalue weighted by molar-refractivity contribution is 5.35. The van der Waals surface area contributed by atoms with Gasteiger partial charge in [0.1, 0.15) is 5.76 Å². The van der Waals surface area contributed by atoms with Crippen LogP contribution >= 0.6 is 0 Å². The molecule has 0 aliphatic carbocycles. The Morgan fingerprint density at radius 1 is 1.27 bits per heavy atom. The minimum absolute atomic E-state index is 0.345. The Labute approximate surface area is 131 Å². The summed E-state index contributed by atoms with van der Waals surface area (Å²) in [4.78, 5) is 2.49. The molecule has 0 radical (unpaired) electrons. The molecule has 3 rings (SSSR count). The SMILES string of the molecule is COc1c(C2CCCN2Cc2c(C)noc2C)c(C)nn1C. The number of likely N-dealkylation sites (tertiary alicyclic amines) is 1. The molecule has 6 nitrogen and oxygen atoms in total. The molecule has 1 fully saturated rings. The number of ether oxygens (including phenoxy) is 1. The molecular weight excluding hydrogens is 280 g/mol. The highest BCUT2D eigenvalue weighted by atomic mass is 16.5. The molecule has 0 saturated carbocycles.